The Morgan fingerprint density at radius 1 is 1.29 bits per heavy atom. The first-order valence-electron chi connectivity index (χ1n) is 5.74. The highest BCUT2D eigenvalue weighted by Gasteiger charge is 2.06. The smallest absolute Gasteiger partial charge is 0.269 e. The van der Waals surface area contributed by atoms with Crippen LogP contribution in [-0.4, -0.2) is 16.3 Å². The molecule has 0 atom stereocenters. The molecule has 0 unspecified atom stereocenters. The minimum Gasteiger partial charge on any atom is -0.330 e. The lowest BCUT2D eigenvalue weighted by Gasteiger charge is -2.05. The number of H-pyrrole nitrogens is 1. The van der Waals surface area contributed by atoms with Crippen molar-refractivity contribution in [3.05, 3.63) is 57.5 Å². The molecule has 0 aliphatic carbocycles. The van der Waals surface area contributed by atoms with Crippen molar-refractivity contribution in [2.24, 2.45) is 5.73 Å². The van der Waals surface area contributed by atoms with E-state index in [-0.39, 0.29) is 5.56 Å². The molecule has 0 spiro atoms. The van der Waals surface area contributed by atoms with Crippen LogP contribution >= 0.6 is 0 Å². The Balaban J connectivity index is 2.25. The van der Waals surface area contributed by atoms with Gasteiger partial charge >= 0.3 is 0 Å². The van der Waals surface area contributed by atoms with Crippen LogP contribution in [0.25, 0.3) is 0 Å². The van der Waals surface area contributed by atoms with E-state index in [2.05, 4.69) is 5.10 Å². The molecule has 4 nitrogen and oxygen atoms in total. The van der Waals surface area contributed by atoms with Crippen molar-refractivity contribution >= 4 is 0 Å². The summed E-state index contributed by atoms with van der Waals surface area (Å²) >= 11 is 0. The molecule has 90 valence electrons. The van der Waals surface area contributed by atoms with Gasteiger partial charge in [-0.25, -0.2) is 4.68 Å². The number of aromatic amines is 1. The first-order chi connectivity index (χ1) is 8.22. The molecule has 4 heteroatoms. The number of nitrogens with two attached hydrogens (primary N) is 1. The molecular formula is C13H17N3O. The Morgan fingerprint density at radius 3 is 2.76 bits per heavy atom. The molecule has 17 heavy (non-hydrogen) atoms. The number of aryl methyl sites for hydroxylation is 1. The summed E-state index contributed by atoms with van der Waals surface area (Å²) in [5.74, 6) is 0. The highest BCUT2D eigenvalue weighted by Crippen LogP contribution is 2.07. The molecule has 0 amide bonds. The van der Waals surface area contributed by atoms with Gasteiger partial charge in [0.1, 0.15) is 0 Å². The van der Waals surface area contributed by atoms with Gasteiger partial charge in [0.25, 0.3) is 5.56 Å². The van der Waals surface area contributed by atoms with Crippen molar-refractivity contribution in [2.75, 3.05) is 6.54 Å². The molecule has 0 aliphatic rings. The van der Waals surface area contributed by atoms with Crippen molar-refractivity contribution in [2.45, 2.75) is 19.9 Å². The summed E-state index contributed by atoms with van der Waals surface area (Å²) in [7, 11) is 0. The minimum absolute atomic E-state index is 0.0266. The van der Waals surface area contributed by atoms with E-state index < -0.39 is 0 Å². The standard InChI is InChI=1S/C13H17N3O/c1-10-4-2-3-5-12(10)9-16-13(17)11(6-7-14)8-15-16/h2-5,8,15H,6-7,9,14H2,1H3. The average molecular weight is 231 g/mol. The predicted molar refractivity (Wildman–Crippen MR) is 68.1 cm³/mol. The fourth-order valence-corrected chi connectivity index (χ4v) is 1.86. The van der Waals surface area contributed by atoms with Crippen LogP contribution in [0.15, 0.2) is 35.3 Å². The van der Waals surface area contributed by atoms with Crippen molar-refractivity contribution in [3.63, 3.8) is 0 Å². The number of nitrogens with one attached hydrogen (secondary N) is 1. The van der Waals surface area contributed by atoms with Crippen LogP contribution in [0.1, 0.15) is 16.7 Å². The van der Waals surface area contributed by atoms with Crippen LogP contribution < -0.4 is 11.3 Å². The second-order valence-corrected chi connectivity index (χ2v) is 4.16. The quantitative estimate of drug-likeness (QED) is 0.825. The first-order valence-corrected chi connectivity index (χ1v) is 5.74. The summed E-state index contributed by atoms with van der Waals surface area (Å²) < 4.78 is 1.62. The highest BCUT2D eigenvalue weighted by molar-refractivity contribution is 5.25. The van der Waals surface area contributed by atoms with Gasteiger partial charge in [0.15, 0.2) is 0 Å². The maximum absolute atomic E-state index is 12.0. The molecule has 0 saturated heterocycles. The lowest BCUT2D eigenvalue weighted by Crippen LogP contribution is -2.21. The number of hydrogen-bond donors (Lipinski definition) is 2. The molecule has 0 radical (unpaired) electrons. The molecule has 2 aromatic rings. The van der Waals surface area contributed by atoms with E-state index in [0.29, 0.717) is 19.5 Å². The van der Waals surface area contributed by atoms with Gasteiger partial charge in [0.2, 0.25) is 0 Å². The topological polar surface area (TPSA) is 63.8 Å². The van der Waals surface area contributed by atoms with E-state index in [9.17, 15) is 4.79 Å². The van der Waals surface area contributed by atoms with E-state index >= 15 is 0 Å². The van der Waals surface area contributed by atoms with E-state index in [1.165, 1.54) is 5.56 Å². The van der Waals surface area contributed by atoms with Gasteiger partial charge in [0, 0.05) is 11.8 Å². The third-order valence-electron chi connectivity index (χ3n) is 2.92. The zero-order valence-electron chi connectivity index (χ0n) is 9.94. The second-order valence-electron chi connectivity index (χ2n) is 4.16. The maximum atomic E-state index is 12.0. The SMILES string of the molecule is Cc1ccccc1Cn1[nH]cc(CCN)c1=O. The van der Waals surface area contributed by atoms with Crippen LogP contribution in [0.5, 0.6) is 0 Å². The zero-order valence-corrected chi connectivity index (χ0v) is 9.94. The zero-order chi connectivity index (χ0) is 12.3. The van der Waals surface area contributed by atoms with E-state index in [0.717, 1.165) is 11.1 Å². The summed E-state index contributed by atoms with van der Waals surface area (Å²) in [5, 5.41) is 2.98. The van der Waals surface area contributed by atoms with Gasteiger partial charge in [0.05, 0.1) is 6.54 Å². The lowest BCUT2D eigenvalue weighted by molar-refractivity contribution is 0.659. The fourth-order valence-electron chi connectivity index (χ4n) is 1.86. The van der Waals surface area contributed by atoms with Crippen LogP contribution in [0.4, 0.5) is 0 Å². The van der Waals surface area contributed by atoms with Gasteiger partial charge < -0.3 is 10.8 Å². The highest BCUT2D eigenvalue weighted by atomic mass is 16.1. The van der Waals surface area contributed by atoms with Crippen LogP contribution in [-0.2, 0) is 13.0 Å². The number of aromatic nitrogens is 2. The predicted octanol–water partition coefficient (Wildman–Crippen LogP) is 1.03. The lowest BCUT2D eigenvalue weighted by atomic mass is 10.1. The number of nitrogens with zero attached hydrogens (tertiary/aromatic N) is 1. The third-order valence-corrected chi connectivity index (χ3v) is 2.92. The molecule has 0 bridgehead atoms. The van der Waals surface area contributed by atoms with Gasteiger partial charge in [-0.2, -0.15) is 0 Å². The Labute approximate surface area is 100 Å². The minimum atomic E-state index is 0.0266. The third kappa shape index (κ3) is 2.47. The Hall–Kier alpha value is -1.81. The number of benzene rings is 1. The molecule has 0 aliphatic heterocycles. The first kappa shape index (κ1) is 11.7. The van der Waals surface area contributed by atoms with E-state index in [1.54, 1.807) is 10.9 Å². The van der Waals surface area contributed by atoms with E-state index in [4.69, 9.17) is 5.73 Å². The van der Waals surface area contributed by atoms with Gasteiger partial charge in [-0.15, -0.1) is 0 Å². The van der Waals surface area contributed by atoms with Crippen LogP contribution in [0, 0.1) is 6.92 Å². The molecule has 0 saturated carbocycles. The van der Waals surface area contributed by atoms with Crippen molar-refractivity contribution in [1.29, 1.82) is 0 Å². The average Bonchev–Trinajstić information content (AvgIpc) is 2.65. The second kappa shape index (κ2) is 5.01. The molecule has 3 N–H and O–H groups in total. The van der Waals surface area contributed by atoms with Gasteiger partial charge in [-0.1, -0.05) is 24.3 Å². The van der Waals surface area contributed by atoms with Crippen LogP contribution in [0.2, 0.25) is 0 Å². The van der Waals surface area contributed by atoms with Crippen molar-refractivity contribution in [3.8, 4) is 0 Å². The Kier molecular flexibility index (Phi) is 3.44. The molecular weight excluding hydrogens is 214 g/mol. The monoisotopic (exact) mass is 231 g/mol. The summed E-state index contributed by atoms with van der Waals surface area (Å²) in [5.41, 5.74) is 8.57. The summed E-state index contributed by atoms with van der Waals surface area (Å²) in [4.78, 5) is 12.0. The molecule has 1 aromatic carbocycles. The molecule has 1 aromatic heterocycles. The Morgan fingerprint density at radius 2 is 2.06 bits per heavy atom. The molecule has 2 rings (SSSR count). The van der Waals surface area contributed by atoms with Crippen molar-refractivity contribution < 1.29 is 0 Å². The summed E-state index contributed by atoms with van der Waals surface area (Å²) in [6.07, 6.45) is 2.36. The fraction of sp³-hybridized carbons (Fsp3) is 0.308. The van der Waals surface area contributed by atoms with Crippen LogP contribution in [0.3, 0.4) is 0 Å². The van der Waals surface area contributed by atoms with Crippen molar-refractivity contribution in [1.82, 2.24) is 9.78 Å². The number of rotatable bonds is 4. The largest absolute Gasteiger partial charge is 0.330 e. The summed E-state index contributed by atoms with van der Waals surface area (Å²) in [6.45, 7) is 3.12. The number of hydrogen-bond acceptors (Lipinski definition) is 2. The van der Waals surface area contributed by atoms with Gasteiger partial charge in [-0.3, -0.25) is 4.79 Å². The Bertz CT molecular complexity index is 554. The van der Waals surface area contributed by atoms with E-state index in [1.807, 2.05) is 31.2 Å². The molecule has 0 fully saturated rings. The molecule has 1 heterocycles. The summed E-state index contributed by atoms with van der Waals surface area (Å²) in [6, 6.07) is 8.06. The maximum Gasteiger partial charge on any atom is 0.269 e. The van der Waals surface area contributed by atoms with Gasteiger partial charge in [-0.05, 0) is 31.0 Å². The normalized spacial score (nSPS) is 10.7.